The summed E-state index contributed by atoms with van der Waals surface area (Å²) in [4.78, 5) is 13.6. The quantitative estimate of drug-likeness (QED) is 0.608. The number of sulfone groups is 1. The monoisotopic (exact) mass is 443 g/mol. The first-order valence-corrected chi connectivity index (χ1v) is 11.8. The zero-order chi connectivity index (χ0) is 21.3. The molecule has 0 saturated carbocycles. The summed E-state index contributed by atoms with van der Waals surface area (Å²) >= 11 is 1.34. The van der Waals surface area contributed by atoms with Gasteiger partial charge in [0.2, 0.25) is 15.7 Å². The van der Waals surface area contributed by atoms with Crippen LogP contribution in [-0.2, 0) is 14.6 Å². The smallest absolute Gasteiger partial charge is 0.225 e. The lowest BCUT2D eigenvalue weighted by atomic mass is 9.90. The molecule has 1 aromatic heterocycles. The van der Waals surface area contributed by atoms with E-state index in [1.165, 1.54) is 30.6 Å². The first kappa shape index (κ1) is 20.4. The van der Waals surface area contributed by atoms with Gasteiger partial charge in [-0.3, -0.25) is 4.79 Å². The number of para-hydroxylation sites is 1. The molecule has 1 atom stereocenters. The molecule has 2 aromatic carbocycles. The fourth-order valence-corrected chi connectivity index (χ4v) is 6.49. The van der Waals surface area contributed by atoms with Gasteiger partial charge in [-0.2, -0.15) is 0 Å². The molecule has 156 valence electrons. The zero-order valence-electron chi connectivity index (χ0n) is 16.5. The summed E-state index contributed by atoms with van der Waals surface area (Å²) in [6, 6.07) is 13.8. The molecule has 6 nitrogen and oxygen atoms in total. The molecule has 1 aliphatic heterocycles. The molecule has 0 radical (unpaired) electrons. The predicted molar refractivity (Wildman–Crippen MR) is 115 cm³/mol. The number of hydrogen-bond acceptors (Lipinski definition) is 6. The van der Waals surface area contributed by atoms with Crippen molar-refractivity contribution < 1.29 is 22.7 Å². The van der Waals surface area contributed by atoms with Crippen LogP contribution in [0.25, 0.3) is 0 Å². The molecule has 1 amide bonds. The summed E-state index contributed by atoms with van der Waals surface area (Å²) in [7, 11) is -2.28. The number of methoxy groups -OCH3 is 1. The largest absolute Gasteiger partial charge is 0.497 e. The SMILES string of the molecule is CCOc1ccccc1[C@H]1CC(=O)Nc2c(S(=O)(=O)c3ccc(OC)cc3)csc21. The maximum absolute atomic E-state index is 13.3. The Hall–Kier alpha value is -2.84. The molecule has 8 heteroatoms. The number of hydrogen-bond donors (Lipinski definition) is 1. The Morgan fingerprint density at radius 3 is 2.57 bits per heavy atom. The second-order valence-electron chi connectivity index (χ2n) is 6.79. The van der Waals surface area contributed by atoms with Crippen LogP contribution in [0.2, 0.25) is 0 Å². The van der Waals surface area contributed by atoms with Crippen LogP contribution in [0.4, 0.5) is 5.69 Å². The van der Waals surface area contributed by atoms with Gasteiger partial charge in [0.1, 0.15) is 16.4 Å². The summed E-state index contributed by atoms with van der Waals surface area (Å²) in [6.45, 7) is 2.41. The molecule has 0 spiro atoms. The molecule has 4 rings (SSSR count). The fourth-order valence-electron chi connectivity index (χ4n) is 3.59. The van der Waals surface area contributed by atoms with E-state index in [0.717, 1.165) is 10.4 Å². The van der Waals surface area contributed by atoms with Crippen LogP contribution in [0.5, 0.6) is 11.5 Å². The highest BCUT2D eigenvalue weighted by Crippen LogP contribution is 2.47. The van der Waals surface area contributed by atoms with E-state index in [1.807, 2.05) is 31.2 Å². The van der Waals surface area contributed by atoms with Gasteiger partial charge in [0, 0.05) is 28.2 Å². The van der Waals surface area contributed by atoms with Crippen molar-refractivity contribution in [1.82, 2.24) is 0 Å². The number of fused-ring (bicyclic) bond motifs is 1. The molecule has 3 aromatic rings. The van der Waals surface area contributed by atoms with E-state index >= 15 is 0 Å². The van der Waals surface area contributed by atoms with Crippen molar-refractivity contribution in [3.8, 4) is 11.5 Å². The van der Waals surface area contributed by atoms with E-state index < -0.39 is 9.84 Å². The highest BCUT2D eigenvalue weighted by molar-refractivity contribution is 7.91. The van der Waals surface area contributed by atoms with Crippen molar-refractivity contribution in [2.24, 2.45) is 0 Å². The zero-order valence-corrected chi connectivity index (χ0v) is 18.2. The lowest BCUT2D eigenvalue weighted by molar-refractivity contribution is -0.116. The number of thiophene rings is 1. The van der Waals surface area contributed by atoms with Gasteiger partial charge >= 0.3 is 0 Å². The number of carbonyl (C=O) groups excluding carboxylic acids is 1. The third-order valence-electron chi connectivity index (χ3n) is 5.01. The van der Waals surface area contributed by atoms with Gasteiger partial charge in [0.05, 0.1) is 24.3 Å². The standard InChI is InChI=1S/C22H21NO5S2/c1-3-28-18-7-5-4-6-16(18)17-12-20(24)23-21-19(13-29-22(17)21)30(25,26)15-10-8-14(27-2)9-11-15/h4-11,13,17H,3,12H2,1-2H3,(H,23,24)/t17-/m1/s1. The van der Waals surface area contributed by atoms with Gasteiger partial charge < -0.3 is 14.8 Å². The van der Waals surface area contributed by atoms with Gasteiger partial charge in [-0.25, -0.2) is 8.42 Å². The highest BCUT2D eigenvalue weighted by atomic mass is 32.2. The van der Waals surface area contributed by atoms with E-state index in [1.54, 1.807) is 17.5 Å². The first-order chi connectivity index (χ1) is 14.5. The van der Waals surface area contributed by atoms with Gasteiger partial charge in [-0.05, 0) is 37.3 Å². The van der Waals surface area contributed by atoms with E-state index in [-0.39, 0.29) is 28.0 Å². The minimum atomic E-state index is -3.80. The Labute approximate surface area is 179 Å². The summed E-state index contributed by atoms with van der Waals surface area (Å²) in [5.74, 6) is 0.797. The Bertz CT molecular complexity index is 1180. The molecule has 0 saturated heterocycles. The van der Waals surface area contributed by atoms with Crippen molar-refractivity contribution in [2.45, 2.75) is 29.1 Å². The molecule has 1 aliphatic rings. The van der Waals surface area contributed by atoms with Gasteiger partial charge in [-0.1, -0.05) is 18.2 Å². The number of amides is 1. The number of benzene rings is 2. The number of anilines is 1. The van der Waals surface area contributed by atoms with Crippen molar-refractivity contribution in [1.29, 1.82) is 0 Å². The molecule has 0 aliphatic carbocycles. The number of carbonyl (C=O) groups is 1. The molecule has 30 heavy (non-hydrogen) atoms. The highest BCUT2D eigenvalue weighted by Gasteiger charge is 2.35. The molecular formula is C22H21NO5S2. The van der Waals surface area contributed by atoms with Crippen LogP contribution in [0.3, 0.4) is 0 Å². The van der Waals surface area contributed by atoms with Crippen LogP contribution < -0.4 is 14.8 Å². The second kappa shape index (κ2) is 8.12. The number of nitrogens with one attached hydrogen (secondary N) is 1. The van der Waals surface area contributed by atoms with E-state index in [9.17, 15) is 13.2 Å². The summed E-state index contributed by atoms with van der Waals surface area (Å²) < 4.78 is 37.4. The molecule has 0 unspecified atom stereocenters. The lowest BCUT2D eigenvalue weighted by Gasteiger charge is -2.25. The third-order valence-corrected chi connectivity index (χ3v) is 8.05. The molecule has 0 fully saturated rings. The topological polar surface area (TPSA) is 81.7 Å². The maximum atomic E-state index is 13.3. The van der Waals surface area contributed by atoms with Crippen molar-refractivity contribution in [2.75, 3.05) is 19.0 Å². The Kier molecular flexibility index (Phi) is 5.53. The Morgan fingerprint density at radius 2 is 1.87 bits per heavy atom. The predicted octanol–water partition coefficient (Wildman–Crippen LogP) is 4.46. The van der Waals surface area contributed by atoms with Crippen molar-refractivity contribution >= 4 is 32.8 Å². The fraction of sp³-hybridized carbons (Fsp3) is 0.227. The number of ether oxygens (including phenoxy) is 2. The van der Waals surface area contributed by atoms with Gasteiger partial charge in [0.15, 0.2) is 0 Å². The van der Waals surface area contributed by atoms with Crippen molar-refractivity contribution in [3.63, 3.8) is 0 Å². The van der Waals surface area contributed by atoms with Gasteiger partial charge in [-0.15, -0.1) is 11.3 Å². The second-order valence-corrected chi connectivity index (χ2v) is 9.62. The first-order valence-electron chi connectivity index (χ1n) is 9.47. The molecule has 1 N–H and O–H groups in total. The molecular weight excluding hydrogens is 422 g/mol. The Morgan fingerprint density at radius 1 is 1.13 bits per heavy atom. The van der Waals surface area contributed by atoms with Gasteiger partial charge in [0.25, 0.3) is 0 Å². The van der Waals surface area contributed by atoms with Crippen molar-refractivity contribution in [3.05, 3.63) is 64.4 Å². The van der Waals surface area contributed by atoms with Crippen LogP contribution >= 0.6 is 11.3 Å². The van der Waals surface area contributed by atoms with Crippen LogP contribution in [0, 0.1) is 0 Å². The van der Waals surface area contributed by atoms with E-state index in [0.29, 0.717) is 23.8 Å². The number of rotatable bonds is 6. The Balaban J connectivity index is 1.80. The van der Waals surface area contributed by atoms with Crippen LogP contribution in [0.1, 0.15) is 29.7 Å². The normalized spacial score (nSPS) is 15.9. The molecule has 2 heterocycles. The average molecular weight is 444 g/mol. The summed E-state index contributed by atoms with van der Waals surface area (Å²) in [5.41, 5.74) is 1.24. The van der Waals surface area contributed by atoms with Crippen LogP contribution in [-0.4, -0.2) is 28.0 Å². The van der Waals surface area contributed by atoms with E-state index in [4.69, 9.17) is 9.47 Å². The summed E-state index contributed by atoms with van der Waals surface area (Å²) in [5, 5.41) is 4.39. The average Bonchev–Trinajstić information content (AvgIpc) is 3.18. The third kappa shape index (κ3) is 3.57. The van der Waals surface area contributed by atoms with E-state index in [2.05, 4.69) is 5.32 Å². The van der Waals surface area contributed by atoms with Crippen LogP contribution in [0.15, 0.2) is 63.7 Å². The summed E-state index contributed by atoms with van der Waals surface area (Å²) in [6.07, 6.45) is 0.236. The maximum Gasteiger partial charge on any atom is 0.225 e. The molecule has 0 bridgehead atoms. The lowest BCUT2D eigenvalue weighted by Crippen LogP contribution is -2.23. The minimum Gasteiger partial charge on any atom is -0.497 e. The minimum absolute atomic E-state index is 0.111.